The quantitative estimate of drug-likeness (QED) is 0.168. The number of rotatable bonds is 9. The van der Waals surface area contributed by atoms with Crippen LogP contribution in [0.5, 0.6) is 0 Å². The Morgan fingerprint density at radius 3 is 2.52 bits per heavy atom. The molecule has 0 saturated carbocycles. The van der Waals surface area contributed by atoms with Crippen LogP contribution in [-0.2, 0) is 10.5 Å². The minimum atomic E-state index is -0.171. The monoisotopic (exact) mass is 492 g/mol. The van der Waals surface area contributed by atoms with Gasteiger partial charge in [0.05, 0.1) is 12.0 Å². The maximum atomic E-state index is 12.1. The zero-order valence-corrected chi connectivity index (χ0v) is 20.8. The third-order valence-electron chi connectivity index (χ3n) is 4.95. The van der Waals surface area contributed by atoms with Crippen LogP contribution in [0.1, 0.15) is 36.5 Å². The Morgan fingerprint density at radius 2 is 1.73 bits per heavy atom. The Balaban J connectivity index is 1.23. The van der Waals surface area contributed by atoms with E-state index in [0.29, 0.717) is 5.92 Å². The zero-order valence-electron chi connectivity index (χ0n) is 18.4. The number of amides is 1. The largest absolute Gasteiger partial charge is 0.272 e. The Hall–Kier alpha value is -2.68. The van der Waals surface area contributed by atoms with Gasteiger partial charge in [0.25, 0.3) is 5.91 Å². The Bertz CT molecular complexity index is 1250. The number of carbonyl (C=O) groups excluding carboxylic acids is 1. The number of benzene rings is 3. The highest BCUT2D eigenvalue weighted by molar-refractivity contribution is 8.03. The van der Waals surface area contributed by atoms with Crippen LogP contribution in [0.3, 0.4) is 0 Å². The lowest BCUT2D eigenvalue weighted by atomic mass is 10.0. The second-order valence-corrected chi connectivity index (χ2v) is 11.1. The average Bonchev–Trinajstić information content (AvgIpc) is 3.29. The summed E-state index contributed by atoms with van der Waals surface area (Å²) >= 11 is 4.54. The third kappa shape index (κ3) is 6.66. The molecule has 33 heavy (non-hydrogen) atoms. The van der Waals surface area contributed by atoms with Crippen LogP contribution in [0, 0.1) is 0 Å². The van der Waals surface area contributed by atoms with E-state index in [9.17, 15) is 4.79 Å². The van der Waals surface area contributed by atoms with Crippen LogP contribution in [0.2, 0.25) is 0 Å². The summed E-state index contributed by atoms with van der Waals surface area (Å²) in [6.45, 7) is 4.32. The molecule has 1 heterocycles. The fourth-order valence-electron chi connectivity index (χ4n) is 3.18. The van der Waals surface area contributed by atoms with Crippen molar-refractivity contribution in [2.24, 2.45) is 5.10 Å². The SMILES string of the molecule is CC(C)c1ccc(C=NNC(=O)CSc2nnc(SCc3cccc4ccccc34)s2)cc1. The fraction of sp³-hybridized carbons (Fsp3) is 0.200. The van der Waals surface area contributed by atoms with Gasteiger partial charge in [0.1, 0.15) is 0 Å². The smallest absolute Gasteiger partial charge is 0.250 e. The molecule has 4 rings (SSSR count). The first kappa shape index (κ1) is 23.5. The van der Waals surface area contributed by atoms with Crippen molar-refractivity contribution in [1.82, 2.24) is 15.6 Å². The maximum Gasteiger partial charge on any atom is 0.250 e. The molecule has 0 atom stereocenters. The van der Waals surface area contributed by atoms with E-state index in [2.05, 4.69) is 89.2 Å². The van der Waals surface area contributed by atoms with Crippen molar-refractivity contribution in [2.45, 2.75) is 34.2 Å². The molecule has 0 aliphatic carbocycles. The highest BCUT2D eigenvalue weighted by Crippen LogP contribution is 2.32. The van der Waals surface area contributed by atoms with Crippen molar-refractivity contribution in [3.63, 3.8) is 0 Å². The van der Waals surface area contributed by atoms with Gasteiger partial charge in [0, 0.05) is 5.75 Å². The van der Waals surface area contributed by atoms with Crippen molar-refractivity contribution in [1.29, 1.82) is 0 Å². The normalized spacial score (nSPS) is 11.5. The molecule has 8 heteroatoms. The summed E-state index contributed by atoms with van der Waals surface area (Å²) in [7, 11) is 0. The molecule has 168 valence electrons. The summed E-state index contributed by atoms with van der Waals surface area (Å²) in [5, 5.41) is 15.0. The summed E-state index contributed by atoms with van der Waals surface area (Å²) in [6.07, 6.45) is 1.65. The maximum absolute atomic E-state index is 12.1. The van der Waals surface area contributed by atoms with E-state index in [4.69, 9.17) is 0 Å². The summed E-state index contributed by atoms with van der Waals surface area (Å²) in [5.41, 5.74) is 6.07. The molecule has 4 aromatic rings. The Kier molecular flexibility index (Phi) is 8.15. The van der Waals surface area contributed by atoms with Gasteiger partial charge in [-0.3, -0.25) is 4.79 Å². The summed E-state index contributed by atoms with van der Waals surface area (Å²) in [6, 6.07) is 22.9. The molecule has 1 N–H and O–H groups in total. The van der Waals surface area contributed by atoms with Crippen LogP contribution in [0.15, 0.2) is 80.5 Å². The van der Waals surface area contributed by atoms with Gasteiger partial charge in [-0.15, -0.1) is 10.2 Å². The molecule has 0 saturated heterocycles. The highest BCUT2D eigenvalue weighted by Gasteiger charge is 2.09. The number of carbonyl (C=O) groups is 1. The van der Waals surface area contributed by atoms with Crippen molar-refractivity contribution in [3.05, 3.63) is 83.4 Å². The molecule has 0 radical (unpaired) electrons. The number of nitrogens with zero attached hydrogens (tertiary/aromatic N) is 3. The molecule has 5 nitrogen and oxygen atoms in total. The average molecular weight is 493 g/mol. The van der Waals surface area contributed by atoms with Crippen molar-refractivity contribution >= 4 is 57.8 Å². The molecule has 0 fully saturated rings. The number of fused-ring (bicyclic) bond motifs is 1. The second kappa shape index (κ2) is 11.4. The van der Waals surface area contributed by atoms with Gasteiger partial charge in [-0.1, -0.05) is 115 Å². The first-order valence-electron chi connectivity index (χ1n) is 10.6. The lowest BCUT2D eigenvalue weighted by Gasteiger charge is -2.04. The number of aromatic nitrogens is 2. The van der Waals surface area contributed by atoms with Crippen LogP contribution in [0.4, 0.5) is 0 Å². The number of hydrazone groups is 1. The van der Waals surface area contributed by atoms with E-state index >= 15 is 0 Å². The van der Waals surface area contributed by atoms with Gasteiger partial charge >= 0.3 is 0 Å². The van der Waals surface area contributed by atoms with Gasteiger partial charge in [0.2, 0.25) is 0 Å². The lowest BCUT2D eigenvalue weighted by molar-refractivity contribution is -0.118. The second-order valence-electron chi connectivity index (χ2n) is 7.66. The van der Waals surface area contributed by atoms with E-state index in [0.717, 1.165) is 20.0 Å². The van der Waals surface area contributed by atoms with Crippen LogP contribution in [0.25, 0.3) is 10.8 Å². The Labute approximate surface area is 206 Å². The minimum Gasteiger partial charge on any atom is -0.272 e. The molecule has 3 aromatic carbocycles. The number of nitrogens with one attached hydrogen (secondary N) is 1. The van der Waals surface area contributed by atoms with E-state index in [1.807, 2.05) is 12.1 Å². The zero-order chi connectivity index (χ0) is 23.0. The molecule has 1 aromatic heterocycles. The van der Waals surface area contributed by atoms with E-state index in [-0.39, 0.29) is 11.7 Å². The third-order valence-corrected chi connectivity index (χ3v) is 8.19. The molecule has 0 aliphatic heterocycles. The standard InChI is InChI=1S/C25H24N4OS3/c1-17(2)19-12-10-18(11-13-19)14-26-27-23(30)16-32-25-29-28-24(33-25)31-15-21-8-5-7-20-6-3-4-9-22(20)21/h3-14,17H,15-16H2,1-2H3,(H,27,30). The molecule has 0 spiro atoms. The number of thioether (sulfide) groups is 2. The summed E-state index contributed by atoms with van der Waals surface area (Å²) < 4.78 is 1.67. The van der Waals surface area contributed by atoms with Crippen molar-refractivity contribution in [3.8, 4) is 0 Å². The summed E-state index contributed by atoms with van der Waals surface area (Å²) in [5.74, 6) is 1.39. The molecule has 0 bridgehead atoms. The van der Waals surface area contributed by atoms with Crippen LogP contribution >= 0.6 is 34.9 Å². The fourth-order valence-corrected chi connectivity index (χ4v) is 5.99. The van der Waals surface area contributed by atoms with Gasteiger partial charge in [0.15, 0.2) is 8.68 Å². The van der Waals surface area contributed by atoms with Crippen LogP contribution < -0.4 is 5.43 Å². The van der Waals surface area contributed by atoms with Gasteiger partial charge in [-0.05, 0) is 33.4 Å². The topological polar surface area (TPSA) is 67.2 Å². The van der Waals surface area contributed by atoms with E-state index in [1.54, 1.807) is 18.0 Å². The minimum absolute atomic E-state index is 0.171. The van der Waals surface area contributed by atoms with Gasteiger partial charge in [-0.25, -0.2) is 5.43 Å². The van der Waals surface area contributed by atoms with Crippen LogP contribution in [-0.4, -0.2) is 28.1 Å². The lowest BCUT2D eigenvalue weighted by Crippen LogP contribution is -2.19. The molecular formula is C25H24N4OS3. The molecular weight excluding hydrogens is 469 g/mol. The predicted molar refractivity (Wildman–Crippen MR) is 140 cm³/mol. The van der Waals surface area contributed by atoms with Gasteiger partial charge < -0.3 is 0 Å². The van der Waals surface area contributed by atoms with E-state index in [1.165, 1.54) is 45.0 Å². The predicted octanol–water partition coefficient (Wildman–Crippen LogP) is 6.35. The molecule has 0 aliphatic rings. The molecule has 1 amide bonds. The van der Waals surface area contributed by atoms with E-state index < -0.39 is 0 Å². The molecule has 0 unspecified atom stereocenters. The van der Waals surface area contributed by atoms with Crippen molar-refractivity contribution < 1.29 is 4.79 Å². The first-order chi connectivity index (χ1) is 16.1. The van der Waals surface area contributed by atoms with Gasteiger partial charge in [-0.2, -0.15) is 5.10 Å². The summed E-state index contributed by atoms with van der Waals surface area (Å²) in [4.78, 5) is 12.1. The first-order valence-corrected chi connectivity index (χ1v) is 13.3. The Morgan fingerprint density at radius 1 is 1.00 bits per heavy atom. The highest BCUT2D eigenvalue weighted by atomic mass is 32.2. The van der Waals surface area contributed by atoms with Crippen molar-refractivity contribution in [2.75, 3.05) is 5.75 Å². The number of hydrogen-bond acceptors (Lipinski definition) is 7. The number of hydrogen-bond donors (Lipinski definition) is 1.